The Labute approximate surface area is 155 Å². The van der Waals surface area contributed by atoms with Crippen molar-refractivity contribution in [1.82, 2.24) is 9.88 Å². The van der Waals surface area contributed by atoms with E-state index in [-0.39, 0.29) is 5.91 Å². The number of aromatic amines is 1. The summed E-state index contributed by atoms with van der Waals surface area (Å²) in [5.41, 5.74) is 7.44. The minimum absolute atomic E-state index is 0.222. The summed E-state index contributed by atoms with van der Waals surface area (Å²) in [6.45, 7) is 8.02. The van der Waals surface area contributed by atoms with E-state index in [2.05, 4.69) is 56.1 Å². The van der Waals surface area contributed by atoms with Crippen LogP contribution in [0.5, 0.6) is 0 Å². The molecule has 0 saturated heterocycles. The van der Waals surface area contributed by atoms with Gasteiger partial charge in [0.2, 0.25) is 5.91 Å². The number of fused-ring (bicyclic) bond motifs is 3. The zero-order chi connectivity index (χ0) is 18.3. The molecule has 1 aromatic heterocycles. The number of hydrogen-bond acceptors (Lipinski definition) is 1. The van der Waals surface area contributed by atoms with Gasteiger partial charge in [0.05, 0.1) is 6.42 Å². The van der Waals surface area contributed by atoms with Crippen LogP contribution in [0.1, 0.15) is 47.7 Å². The lowest BCUT2D eigenvalue weighted by molar-refractivity contribution is -0.131. The Balaban J connectivity index is 1.60. The summed E-state index contributed by atoms with van der Waals surface area (Å²) < 4.78 is 0. The fraction of sp³-hybridized carbons (Fsp3) is 0.348. The van der Waals surface area contributed by atoms with Crippen molar-refractivity contribution in [3.05, 3.63) is 70.4 Å². The maximum absolute atomic E-state index is 12.9. The van der Waals surface area contributed by atoms with Crippen LogP contribution in [-0.4, -0.2) is 22.3 Å². The van der Waals surface area contributed by atoms with Gasteiger partial charge in [-0.05, 0) is 41.7 Å². The van der Waals surface area contributed by atoms with E-state index < -0.39 is 0 Å². The smallest absolute Gasteiger partial charge is 0.227 e. The van der Waals surface area contributed by atoms with Crippen molar-refractivity contribution in [2.45, 2.75) is 46.1 Å². The molecule has 0 fully saturated rings. The third kappa shape index (κ3) is 3.03. The molecule has 26 heavy (non-hydrogen) atoms. The lowest BCUT2D eigenvalue weighted by Gasteiger charge is -2.27. The van der Waals surface area contributed by atoms with Crippen LogP contribution in [0.25, 0.3) is 10.9 Å². The lowest BCUT2D eigenvalue weighted by atomic mass is 9.98. The van der Waals surface area contributed by atoms with Crippen LogP contribution in [0, 0.1) is 6.92 Å². The summed E-state index contributed by atoms with van der Waals surface area (Å²) in [5.74, 6) is 0.728. The number of rotatable bonds is 3. The van der Waals surface area contributed by atoms with Crippen LogP contribution in [-0.2, 0) is 24.2 Å². The summed E-state index contributed by atoms with van der Waals surface area (Å²) in [5, 5.41) is 1.28. The second-order valence-electron chi connectivity index (χ2n) is 7.71. The molecule has 2 aromatic carbocycles. The molecule has 0 radical (unpaired) electrons. The molecule has 0 atom stereocenters. The zero-order valence-corrected chi connectivity index (χ0v) is 15.8. The molecule has 3 nitrogen and oxygen atoms in total. The van der Waals surface area contributed by atoms with Gasteiger partial charge in [-0.25, -0.2) is 0 Å². The largest absolute Gasteiger partial charge is 0.358 e. The fourth-order valence-electron chi connectivity index (χ4n) is 3.89. The Morgan fingerprint density at radius 3 is 2.77 bits per heavy atom. The number of nitrogens with zero attached hydrogens (tertiary/aromatic N) is 1. The fourth-order valence-corrected chi connectivity index (χ4v) is 3.89. The lowest BCUT2D eigenvalue weighted by Crippen LogP contribution is -2.36. The van der Waals surface area contributed by atoms with E-state index >= 15 is 0 Å². The summed E-state index contributed by atoms with van der Waals surface area (Å²) in [7, 11) is 0. The third-order valence-corrected chi connectivity index (χ3v) is 5.62. The molecule has 1 N–H and O–H groups in total. The first-order valence-corrected chi connectivity index (χ1v) is 9.48. The van der Waals surface area contributed by atoms with Crippen LogP contribution in [0.2, 0.25) is 0 Å². The van der Waals surface area contributed by atoms with Gasteiger partial charge in [0, 0.05) is 41.7 Å². The van der Waals surface area contributed by atoms with E-state index in [1.54, 1.807) is 0 Å². The summed E-state index contributed by atoms with van der Waals surface area (Å²) in [6.07, 6.45) is 1.39. The molecular weight excluding hydrogens is 320 g/mol. The van der Waals surface area contributed by atoms with Gasteiger partial charge in [-0.1, -0.05) is 44.2 Å². The Bertz CT molecular complexity index is 967. The van der Waals surface area contributed by atoms with Gasteiger partial charge in [0.1, 0.15) is 0 Å². The van der Waals surface area contributed by atoms with Gasteiger partial charge in [-0.2, -0.15) is 0 Å². The average Bonchev–Trinajstić information content (AvgIpc) is 3.00. The molecule has 0 saturated carbocycles. The number of benzene rings is 2. The van der Waals surface area contributed by atoms with Crippen LogP contribution in [0.15, 0.2) is 42.5 Å². The molecule has 1 amide bonds. The first-order valence-electron chi connectivity index (χ1n) is 9.48. The van der Waals surface area contributed by atoms with Gasteiger partial charge in [-0.3, -0.25) is 4.79 Å². The minimum atomic E-state index is 0.222. The van der Waals surface area contributed by atoms with E-state index in [1.165, 1.54) is 33.3 Å². The predicted octanol–water partition coefficient (Wildman–Crippen LogP) is 4.73. The summed E-state index contributed by atoms with van der Waals surface area (Å²) >= 11 is 0. The average molecular weight is 346 g/mol. The number of aromatic nitrogens is 1. The second-order valence-corrected chi connectivity index (χ2v) is 7.71. The first-order chi connectivity index (χ1) is 12.5. The van der Waals surface area contributed by atoms with Crippen molar-refractivity contribution in [2.24, 2.45) is 0 Å². The van der Waals surface area contributed by atoms with Gasteiger partial charge < -0.3 is 9.88 Å². The maximum atomic E-state index is 12.9. The maximum Gasteiger partial charge on any atom is 0.227 e. The van der Waals surface area contributed by atoms with E-state index in [4.69, 9.17) is 0 Å². The highest BCUT2D eigenvalue weighted by Crippen LogP contribution is 2.30. The highest BCUT2D eigenvalue weighted by atomic mass is 16.2. The first kappa shape index (κ1) is 16.9. The Morgan fingerprint density at radius 1 is 1.19 bits per heavy atom. The number of H-pyrrole nitrogens is 1. The van der Waals surface area contributed by atoms with Gasteiger partial charge in [0.15, 0.2) is 0 Å². The van der Waals surface area contributed by atoms with Crippen LogP contribution in [0.4, 0.5) is 0 Å². The zero-order valence-electron chi connectivity index (χ0n) is 15.8. The number of carbonyl (C=O) groups is 1. The topological polar surface area (TPSA) is 36.1 Å². The number of aryl methyl sites for hydroxylation is 1. The summed E-state index contributed by atoms with van der Waals surface area (Å²) in [6, 6.07) is 14.8. The third-order valence-electron chi connectivity index (χ3n) is 5.62. The molecule has 0 unspecified atom stereocenters. The highest BCUT2D eigenvalue weighted by molar-refractivity contribution is 5.87. The van der Waals surface area contributed by atoms with Crippen molar-refractivity contribution in [2.75, 3.05) is 6.54 Å². The Hall–Kier alpha value is -2.55. The standard InChI is InChI=1S/C23H26N2O/c1-15(2)17-8-9-21-19(12-17)20-14-25(11-10-22(20)24-21)23(26)13-18-7-5-4-6-16(18)3/h4-9,12,15,24H,10-11,13-14H2,1-3H3. The van der Waals surface area contributed by atoms with Gasteiger partial charge in [0.25, 0.3) is 0 Å². The number of hydrogen-bond donors (Lipinski definition) is 1. The molecular formula is C23H26N2O. The molecule has 0 spiro atoms. The molecule has 3 heteroatoms. The van der Waals surface area contributed by atoms with Crippen molar-refractivity contribution < 1.29 is 4.79 Å². The monoisotopic (exact) mass is 346 g/mol. The predicted molar refractivity (Wildman–Crippen MR) is 106 cm³/mol. The molecule has 1 aliphatic heterocycles. The molecule has 3 aromatic rings. The van der Waals surface area contributed by atoms with Crippen molar-refractivity contribution >= 4 is 16.8 Å². The Kier molecular flexibility index (Phi) is 4.31. The highest BCUT2D eigenvalue weighted by Gasteiger charge is 2.24. The van der Waals surface area contributed by atoms with E-state index in [0.29, 0.717) is 18.9 Å². The number of amides is 1. The minimum Gasteiger partial charge on any atom is -0.358 e. The normalized spacial score (nSPS) is 14.1. The second kappa shape index (κ2) is 6.64. The van der Waals surface area contributed by atoms with E-state index in [9.17, 15) is 4.79 Å². The van der Waals surface area contributed by atoms with Gasteiger partial charge >= 0.3 is 0 Å². The number of nitrogens with one attached hydrogen (secondary N) is 1. The van der Waals surface area contributed by atoms with E-state index in [1.807, 2.05) is 17.0 Å². The Morgan fingerprint density at radius 2 is 2.00 bits per heavy atom. The number of carbonyl (C=O) groups excluding carboxylic acids is 1. The molecule has 134 valence electrons. The van der Waals surface area contributed by atoms with Crippen molar-refractivity contribution in [1.29, 1.82) is 0 Å². The quantitative estimate of drug-likeness (QED) is 0.731. The van der Waals surface area contributed by atoms with Gasteiger partial charge in [-0.15, -0.1) is 0 Å². The van der Waals surface area contributed by atoms with E-state index in [0.717, 1.165) is 18.5 Å². The molecule has 2 heterocycles. The van der Waals surface area contributed by atoms with Crippen molar-refractivity contribution in [3.8, 4) is 0 Å². The SMILES string of the molecule is Cc1ccccc1CC(=O)N1CCc2[nH]c3ccc(C(C)C)cc3c2C1. The van der Waals surface area contributed by atoms with Crippen molar-refractivity contribution in [3.63, 3.8) is 0 Å². The molecule has 4 rings (SSSR count). The van der Waals surface area contributed by atoms with Crippen LogP contribution < -0.4 is 0 Å². The molecule has 0 bridgehead atoms. The van der Waals surface area contributed by atoms with Crippen LogP contribution in [0.3, 0.4) is 0 Å². The summed E-state index contributed by atoms with van der Waals surface area (Å²) in [4.78, 5) is 18.5. The van der Waals surface area contributed by atoms with Crippen LogP contribution >= 0.6 is 0 Å². The molecule has 1 aliphatic rings. The molecule has 0 aliphatic carbocycles.